The third-order valence-electron chi connectivity index (χ3n) is 20.5. The number of amides is 9. The van der Waals surface area contributed by atoms with Crippen LogP contribution in [0.25, 0.3) is 22.5 Å². The largest absolute Gasteiger partial charge is 0.493 e. The van der Waals surface area contributed by atoms with Gasteiger partial charge < -0.3 is 70.1 Å². The normalized spacial score (nSPS) is 18.7. The van der Waals surface area contributed by atoms with Crippen LogP contribution in [-0.2, 0) is 53.7 Å². The summed E-state index contributed by atoms with van der Waals surface area (Å²) in [5.41, 5.74) is 6.77. The minimum absolute atomic E-state index is 0.0168. The van der Waals surface area contributed by atoms with E-state index in [0.717, 1.165) is 60.4 Å². The summed E-state index contributed by atoms with van der Waals surface area (Å²) in [6, 6.07) is 25.1. The molecule has 1 aromatic heterocycles. The van der Waals surface area contributed by atoms with E-state index in [4.69, 9.17) is 28.7 Å². The van der Waals surface area contributed by atoms with Crippen LogP contribution in [0.3, 0.4) is 0 Å². The Morgan fingerprint density at radius 3 is 2.01 bits per heavy atom. The maximum atomic E-state index is 14.5. The number of ether oxygens (including phenoxy) is 5. The van der Waals surface area contributed by atoms with Gasteiger partial charge in [-0.3, -0.25) is 43.3 Å². The summed E-state index contributed by atoms with van der Waals surface area (Å²) >= 11 is 0. The fraction of sp³-hybridized carbons (Fsp3) is 0.440. The van der Waals surface area contributed by atoms with Gasteiger partial charge in [0, 0.05) is 68.1 Å². The van der Waals surface area contributed by atoms with Crippen LogP contribution in [0.15, 0.2) is 102 Å². The highest BCUT2D eigenvalue weighted by molar-refractivity contribution is 6.07. The first kappa shape index (κ1) is 70.5. The van der Waals surface area contributed by atoms with Crippen LogP contribution in [0.1, 0.15) is 123 Å². The summed E-state index contributed by atoms with van der Waals surface area (Å²) in [7, 11) is 4.82. The van der Waals surface area contributed by atoms with E-state index in [-0.39, 0.29) is 89.9 Å². The summed E-state index contributed by atoms with van der Waals surface area (Å²) < 4.78 is 31.5. The SMILES string of the molecule is COc1cc2c(cc1OCCCCCOc1cc3c(cc1OC)C(=O)N1CC4(CC4)C[C@H]1[C@H](O)N3C(=O)OCc1ccc(NC(=O)[C@H](C)NC(=O)[C@@H](NC(=O)CNC(=O)CNC(=O)CCC(=O)N3Cc4ccccc4-c4c(nnn4C)-c4ccccc43)C(C)C)cc1)N=C[C@@H]1CC3(CC3)CN1C2=O. The van der Waals surface area contributed by atoms with E-state index in [1.165, 1.54) is 26.2 Å². The smallest absolute Gasteiger partial charge is 0.416 e. The van der Waals surface area contributed by atoms with Crippen molar-refractivity contribution in [2.24, 2.45) is 28.8 Å². The van der Waals surface area contributed by atoms with Gasteiger partial charge in [0.2, 0.25) is 35.4 Å². The maximum Gasteiger partial charge on any atom is 0.416 e. The zero-order valence-electron chi connectivity index (χ0n) is 58.5. The zero-order chi connectivity index (χ0) is 72.4. The monoisotopic (exact) mass is 1410 g/mol. The number of para-hydroxylation sites is 1. The molecule has 5 aliphatic heterocycles. The van der Waals surface area contributed by atoms with Crippen LogP contribution >= 0.6 is 0 Å². The van der Waals surface area contributed by atoms with Gasteiger partial charge >= 0.3 is 6.09 Å². The standard InChI is InChI=1S/C75H85N13O15/c1-43(2)65(81-63(91)38-78-62(90)37-77-61(89)22-23-64(92)85-39-46-14-8-9-15-49(46)67-66(82-83-84(67)4)50-16-10-11-17-54(50)85)69(94)79-44(3)68(93)80-47-20-18-45(19-21-47)40-103-73(98)88-55-33-60(58(100-6)31-52(55)71(96)87-42-75(26-27-75)35-56(87)72(88)97)102-29-13-7-12-28-101-59-32-53-51(30-57(59)99-5)70(95)86-41-74(24-25-74)34-48(86)36-76-53/h8-11,14-21,30-33,36,43-44,48,56,65,72,97H,7,12-13,22-29,34-35,37-42H2,1-6H3,(H,77,89)(H,78,90)(H,79,94)(H,80,93)(H,81,91)/t44-,48-,56-,65-,72-/m0/s1. The summed E-state index contributed by atoms with van der Waals surface area (Å²) in [5, 5.41) is 33.8. The third-order valence-corrected chi connectivity index (χ3v) is 20.5. The number of anilines is 3. The zero-order valence-corrected chi connectivity index (χ0v) is 58.5. The van der Waals surface area contributed by atoms with Gasteiger partial charge in [-0.15, -0.1) is 5.10 Å². The Hall–Kier alpha value is -10.9. The summed E-state index contributed by atoms with van der Waals surface area (Å²) in [6.07, 6.45) is 6.59. The number of methoxy groups -OCH3 is 2. The number of carbonyl (C=O) groups excluding carboxylic acids is 9. The topological polar surface area (TPSA) is 336 Å². The molecular formula is C75H85N13O15. The minimum atomic E-state index is -1.47. The number of hydrogen-bond acceptors (Lipinski definition) is 18. The number of aromatic nitrogens is 3. The Labute approximate surface area is 595 Å². The molecule has 0 unspecified atom stereocenters. The Kier molecular flexibility index (Phi) is 20.3. The van der Waals surface area contributed by atoms with Crippen molar-refractivity contribution in [3.05, 3.63) is 119 Å². The molecule has 6 N–H and O–H groups in total. The molecule has 2 aliphatic carbocycles. The number of aryl methyl sites for hydroxylation is 1. The quantitative estimate of drug-likeness (QED) is 0.0311. The number of benzene rings is 5. The highest BCUT2D eigenvalue weighted by Gasteiger charge is 2.58. The molecule has 4 fully saturated rings. The molecular weight excluding hydrogens is 1320 g/mol. The molecule has 6 aromatic rings. The van der Waals surface area contributed by atoms with Crippen LogP contribution in [0.4, 0.5) is 27.5 Å². The lowest BCUT2D eigenvalue weighted by molar-refractivity contribution is -0.132. The van der Waals surface area contributed by atoms with Gasteiger partial charge in [-0.1, -0.05) is 73.7 Å². The molecule has 5 aromatic carbocycles. The van der Waals surface area contributed by atoms with Crippen molar-refractivity contribution in [3.8, 4) is 45.5 Å². The molecule has 28 heteroatoms. The average molecular weight is 1410 g/mol. The second kappa shape index (κ2) is 29.6. The predicted octanol–water partition coefficient (Wildman–Crippen LogP) is 7.12. The number of aliphatic imine (C=N–C) groups is 1. The molecule has 6 heterocycles. The van der Waals surface area contributed by atoms with Gasteiger partial charge in [0.15, 0.2) is 29.2 Å². The molecule has 13 rings (SSSR count). The second-order valence-electron chi connectivity index (χ2n) is 28.1. The van der Waals surface area contributed by atoms with Crippen LogP contribution < -0.4 is 55.3 Å². The van der Waals surface area contributed by atoms with Crippen molar-refractivity contribution < 1.29 is 71.9 Å². The highest BCUT2D eigenvalue weighted by atomic mass is 16.6. The van der Waals surface area contributed by atoms with Gasteiger partial charge in [0.25, 0.3) is 11.8 Å². The maximum absolute atomic E-state index is 14.5. The molecule has 103 heavy (non-hydrogen) atoms. The van der Waals surface area contributed by atoms with Crippen LogP contribution in [0, 0.1) is 16.7 Å². The molecule has 0 bridgehead atoms. The third kappa shape index (κ3) is 15.1. The second-order valence-corrected chi connectivity index (χ2v) is 28.1. The minimum Gasteiger partial charge on any atom is -0.493 e. The molecule has 540 valence electrons. The number of fused-ring (bicyclic) bond motifs is 9. The predicted molar refractivity (Wildman–Crippen MR) is 378 cm³/mol. The Morgan fingerprint density at radius 1 is 0.660 bits per heavy atom. The number of rotatable bonds is 25. The molecule has 9 amide bonds. The fourth-order valence-electron chi connectivity index (χ4n) is 14.4. The number of carbonyl (C=O) groups is 9. The first-order valence-electron chi connectivity index (χ1n) is 35.0. The molecule has 7 aliphatic rings. The van der Waals surface area contributed by atoms with Gasteiger partial charge in [-0.25, -0.2) is 14.4 Å². The number of hydrogen-bond donors (Lipinski definition) is 6. The first-order chi connectivity index (χ1) is 49.6. The van der Waals surface area contributed by atoms with E-state index in [2.05, 4.69) is 36.9 Å². The van der Waals surface area contributed by atoms with Gasteiger partial charge in [0.1, 0.15) is 24.4 Å². The Bertz CT molecular complexity index is 4360. The first-order valence-corrected chi connectivity index (χ1v) is 35.0. The van der Waals surface area contributed by atoms with E-state index in [0.29, 0.717) is 89.8 Å². The molecule has 0 radical (unpaired) electrons. The van der Waals surface area contributed by atoms with Gasteiger partial charge in [0.05, 0.1) is 93.0 Å². The Morgan fingerprint density at radius 2 is 1.30 bits per heavy atom. The van der Waals surface area contributed by atoms with Crippen molar-refractivity contribution in [1.29, 1.82) is 0 Å². The molecule has 2 saturated carbocycles. The van der Waals surface area contributed by atoms with Crippen molar-refractivity contribution >= 4 is 82.3 Å². The average Bonchev–Trinajstić information content (AvgIpc) is 1.59. The van der Waals surface area contributed by atoms with Crippen LogP contribution in [-0.4, -0.2) is 173 Å². The summed E-state index contributed by atoms with van der Waals surface area (Å²) in [6.45, 7) is 5.60. The van der Waals surface area contributed by atoms with Crippen molar-refractivity contribution in [2.75, 3.05) is 68.7 Å². The number of aliphatic hydroxyl groups excluding tert-OH is 1. The van der Waals surface area contributed by atoms with Crippen molar-refractivity contribution in [3.63, 3.8) is 0 Å². The fourth-order valence-corrected chi connectivity index (χ4v) is 14.4. The van der Waals surface area contributed by atoms with E-state index >= 15 is 0 Å². The van der Waals surface area contributed by atoms with E-state index in [9.17, 15) is 48.3 Å². The highest BCUT2D eigenvalue weighted by Crippen LogP contribution is 2.58. The van der Waals surface area contributed by atoms with Crippen LogP contribution in [0.2, 0.25) is 0 Å². The van der Waals surface area contributed by atoms with Gasteiger partial charge in [-0.05, 0) is 123 Å². The molecule has 2 spiro atoms. The number of unbranched alkanes of at least 4 members (excludes halogenated alkanes) is 2. The molecule has 2 saturated heterocycles. The van der Waals surface area contributed by atoms with E-state index < -0.39 is 79.0 Å². The lowest BCUT2D eigenvalue weighted by Gasteiger charge is -2.31. The summed E-state index contributed by atoms with van der Waals surface area (Å²) in [4.78, 5) is 133. The van der Waals surface area contributed by atoms with E-state index in [1.54, 1.807) is 71.8 Å². The van der Waals surface area contributed by atoms with Crippen LogP contribution in [0.5, 0.6) is 23.0 Å². The van der Waals surface area contributed by atoms with Gasteiger partial charge in [-0.2, -0.15) is 0 Å². The number of nitrogens with zero attached hydrogens (tertiary/aromatic N) is 8. The van der Waals surface area contributed by atoms with E-state index in [1.807, 2.05) is 66.7 Å². The number of nitrogens with one attached hydrogen (secondary N) is 5. The van der Waals surface area contributed by atoms with Crippen molar-refractivity contribution in [1.82, 2.24) is 46.1 Å². The lowest BCUT2D eigenvalue weighted by atomic mass is 9.95. The molecule has 28 nitrogen and oxygen atoms in total. The lowest BCUT2D eigenvalue weighted by Crippen LogP contribution is -2.55. The number of aliphatic hydroxyl groups is 1. The molecule has 5 atom stereocenters. The Balaban J connectivity index is 0.556. The summed E-state index contributed by atoms with van der Waals surface area (Å²) in [5.74, 6) is -2.90. The van der Waals surface area contributed by atoms with Crippen molar-refractivity contribution in [2.45, 2.75) is 135 Å².